The number of nitro groups is 1. The van der Waals surface area contributed by atoms with Crippen molar-refractivity contribution in [2.24, 2.45) is 0 Å². The van der Waals surface area contributed by atoms with E-state index < -0.39 is 4.92 Å². The molecule has 124 valence electrons. The molecule has 0 atom stereocenters. The van der Waals surface area contributed by atoms with E-state index in [0.29, 0.717) is 39.0 Å². The maximum Gasteiger partial charge on any atom is 0.269 e. The SMILES string of the molecule is O=C1CCCC(=O)N1CCCCOCc1ccc([N+](=O)[O-])cc1. The first kappa shape index (κ1) is 17.1. The summed E-state index contributed by atoms with van der Waals surface area (Å²) < 4.78 is 5.50. The standard InChI is InChI=1S/C16H20N2O5/c19-15-4-3-5-16(20)17(15)10-1-2-11-23-12-13-6-8-14(9-7-13)18(21)22/h6-9H,1-5,10-12H2. The molecular weight excluding hydrogens is 300 g/mol. The molecule has 0 bridgehead atoms. The molecule has 0 radical (unpaired) electrons. The van der Waals surface area contributed by atoms with E-state index in [1.807, 2.05) is 0 Å². The number of piperidine rings is 1. The first-order valence-corrected chi connectivity index (χ1v) is 7.72. The number of imide groups is 1. The lowest BCUT2D eigenvalue weighted by Crippen LogP contribution is -2.40. The lowest BCUT2D eigenvalue weighted by atomic mass is 10.1. The Labute approximate surface area is 134 Å². The summed E-state index contributed by atoms with van der Waals surface area (Å²) in [5.41, 5.74) is 0.932. The Bertz CT molecular complexity index is 554. The van der Waals surface area contributed by atoms with Crippen molar-refractivity contribution in [1.29, 1.82) is 0 Å². The molecule has 1 heterocycles. The number of carbonyl (C=O) groups is 2. The van der Waals surface area contributed by atoms with Gasteiger partial charge in [0.2, 0.25) is 11.8 Å². The van der Waals surface area contributed by atoms with Crippen molar-refractivity contribution >= 4 is 17.5 Å². The summed E-state index contributed by atoms with van der Waals surface area (Å²) in [5.74, 6) is -0.152. The van der Waals surface area contributed by atoms with Crippen LogP contribution in [0.5, 0.6) is 0 Å². The summed E-state index contributed by atoms with van der Waals surface area (Å²) in [6.45, 7) is 1.37. The maximum absolute atomic E-state index is 11.6. The molecule has 1 fully saturated rings. The Morgan fingerprint density at radius 1 is 1.09 bits per heavy atom. The van der Waals surface area contributed by atoms with Crippen LogP contribution in [-0.4, -0.2) is 34.8 Å². The molecule has 23 heavy (non-hydrogen) atoms. The number of non-ortho nitro benzene ring substituents is 1. The predicted octanol–water partition coefficient (Wildman–Crippen LogP) is 2.43. The predicted molar refractivity (Wildman–Crippen MR) is 82.6 cm³/mol. The molecule has 7 nitrogen and oxygen atoms in total. The number of nitrogens with zero attached hydrogens (tertiary/aromatic N) is 2. The van der Waals surface area contributed by atoms with E-state index in [1.54, 1.807) is 12.1 Å². The zero-order valence-electron chi connectivity index (χ0n) is 12.9. The third-order valence-electron chi connectivity index (χ3n) is 3.72. The number of likely N-dealkylation sites (tertiary alicyclic amines) is 1. The molecule has 0 aliphatic carbocycles. The molecule has 0 unspecified atom stereocenters. The molecular formula is C16H20N2O5. The molecule has 2 rings (SSSR count). The molecule has 0 spiro atoms. The molecule has 0 aromatic heterocycles. The second-order valence-electron chi connectivity index (χ2n) is 5.48. The summed E-state index contributed by atoms with van der Waals surface area (Å²) >= 11 is 0. The van der Waals surface area contributed by atoms with Gasteiger partial charge in [-0.2, -0.15) is 0 Å². The van der Waals surface area contributed by atoms with E-state index in [4.69, 9.17) is 4.74 Å². The number of benzene rings is 1. The van der Waals surface area contributed by atoms with Gasteiger partial charge >= 0.3 is 0 Å². The topological polar surface area (TPSA) is 89.8 Å². The van der Waals surface area contributed by atoms with Crippen molar-refractivity contribution in [2.45, 2.75) is 38.7 Å². The Morgan fingerprint density at radius 3 is 2.35 bits per heavy atom. The van der Waals surface area contributed by atoms with Crippen LogP contribution < -0.4 is 0 Å². The Balaban J connectivity index is 1.61. The second-order valence-corrected chi connectivity index (χ2v) is 5.48. The number of unbranched alkanes of at least 4 members (excludes halogenated alkanes) is 1. The van der Waals surface area contributed by atoms with Crippen LogP contribution in [0.3, 0.4) is 0 Å². The molecule has 0 N–H and O–H groups in total. The normalized spacial score (nSPS) is 15.0. The Hall–Kier alpha value is -2.28. The van der Waals surface area contributed by atoms with Gasteiger partial charge in [-0.1, -0.05) is 0 Å². The summed E-state index contributed by atoms with van der Waals surface area (Å²) in [6, 6.07) is 6.24. The van der Waals surface area contributed by atoms with Crippen molar-refractivity contribution in [1.82, 2.24) is 4.90 Å². The fraction of sp³-hybridized carbons (Fsp3) is 0.500. The quantitative estimate of drug-likeness (QED) is 0.317. The third kappa shape index (κ3) is 5.14. The van der Waals surface area contributed by atoms with Gasteiger partial charge in [0, 0.05) is 38.1 Å². The van der Waals surface area contributed by atoms with E-state index in [-0.39, 0.29) is 17.5 Å². The summed E-state index contributed by atoms with van der Waals surface area (Å²) in [6.07, 6.45) is 3.05. The van der Waals surface area contributed by atoms with E-state index in [2.05, 4.69) is 0 Å². The van der Waals surface area contributed by atoms with Gasteiger partial charge in [-0.25, -0.2) is 0 Å². The highest BCUT2D eigenvalue weighted by atomic mass is 16.6. The van der Waals surface area contributed by atoms with E-state index in [0.717, 1.165) is 18.4 Å². The fourth-order valence-electron chi connectivity index (χ4n) is 2.43. The van der Waals surface area contributed by atoms with E-state index >= 15 is 0 Å². The third-order valence-corrected chi connectivity index (χ3v) is 3.72. The monoisotopic (exact) mass is 320 g/mol. The molecule has 1 aliphatic heterocycles. The van der Waals surface area contributed by atoms with Crippen LogP contribution in [0.4, 0.5) is 5.69 Å². The largest absolute Gasteiger partial charge is 0.377 e. The zero-order chi connectivity index (χ0) is 16.7. The highest BCUT2D eigenvalue weighted by Crippen LogP contribution is 2.14. The molecule has 1 aromatic rings. The van der Waals surface area contributed by atoms with Crippen LogP contribution in [0.2, 0.25) is 0 Å². The fourth-order valence-corrected chi connectivity index (χ4v) is 2.43. The number of hydrogen-bond acceptors (Lipinski definition) is 5. The van der Waals surface area contributed by atoms with Gasteiger partial charge in [0.05, 0.1) is 11.5 Å². The van der Waals surface area contributed by atoms with Gasteiger partial charge in [0.15, 0.2) is 0 Å². The van der Waals surface area contributed by atoms with Gasteiger partial charge in [-0.05, 0) is 37.0 Å². The number of amides is 2. The van der Waals surface area contributed by atoms with Crippen LogP contribution in [-0.2, 0) is 20.9 Å². The van der Waals surface area contributed by atoms with Crippen LogP contribution >= 0.6 is 0 Å². The molecule has 1 saturated heterocycles. The molecule has 1 aliphatic rings. The van der Waals surface area contributed by atoms with Gasteiger partial charge in [0.25, 0.3) is 5.69 Å². The minimum atomic E-state index is -0.437. The lowest BCUT2D eigenvalue weighted by Gasteiger charge is -2.24. The first-order valence-electron chi connectivity index (χ1n) is 7.72. The highest BCUT2D eigenvalue weighted by Gasteiger charge is 2.24. The van der Waals surface area contributed by atoms with E-state index in [9.17, 15) is 19.7 Å². The number of rotatable bonds is 8. The smallest absolute Gasteiger partial charge is 0.269 e. The molecule has 2 amide bonds. The van der Waals surface area contributed by atoms with Crippen LogP contribution in [0.25, 0.3) is 0 Å². The summed E-state index contributed by atoms with van der Waals surface area (Å²) in [7, 11) is 0. The van der Waals surface area contributed by atoms with Crippen molar-refractivity contribution < 1.29 is 19.2 Å². The average Bonchev–Trinajstić information content (AvgIpc) is 2.53. The minimum absolute atomic E-state index is 0.0598. The van der Waals surface area contributed by atoms with Crippen molar-refractivity contribution in [3.8, 4) is 0 Å². The first-order chi connectivity index (χ1) is 11.1. The Morgan fingerprint density at radius 2 is 1.74 bits per heavy atom. The van der Waals surface area contributed by atoms with Crippen molar-refractivity contribution in [2.75, 3.05) is 13.2 Å². The lowest BCUT2D eigenvalue weighted by molar-refractivity contribution is -0.384. The highest BCUT2D eigenvalue weighted by molar-refractivity contribution is 5.97. The number of carbonyl (C=O) groups excluding carboxylic acids is 2. The second kappa shape index (κ2) is 8.38. The molecule has 1 aromatic carbocycles. The Kier molecular flexibility index (Phi) is 6.22. The summed E-state index contributed by atoms with van der Waals surface area (Å²) in [4.78, 5) is 34.7. The van der Waals surface area contributed by atoms with Gasteiger partial charge < -0.3 is 4.74 Å². The molecule has 7 heteroatoms. The number of nitro benzene ring substituents is 1. The molecule has 0 saturated carbocycles. The van der Waals surface area contributed by atoms with Crippen LogP contribution in [0, 0.1) is 10.1 Å². The van der Waals surface area contributed by atoms with Crippen molar-refractivity contribution in [3.63, 3.8) is 0 Å². The van der Waals surface area contributed by atoms with Gasteiger partial charge in [-0.15, -0.1) is 0 Å². The zero-order valence-corrected chi connectivity index (χ0v) is 12.9. The van der Waals surface area contributed by atoms with Crippen LogP contribution in [0.15, 0.2) is 24.3 Å². The number of hydrogen-bond donors (Lipinski definition) is 0. The number of ether oxygens (including phenoxy) is 1. The van der Waals surface area contributed by atoms with Crippen LogP contribution in [0.1, 0.15) is 37.7 Å². The van der Waals surface area contributed by atoms with Gasteiger partial charge in [0.1, 0.15) is 0 Å². The van der Waals surface area contributed by atoms with E-state index in [1.165, 1.54) is 17.0 Å². The maximum atomic E-state index is 11.6. The van der Waals surface area contributed by atoms with Gasteiger partial charge in [-0.3, -0.25) is 24.6 Å². The van der Waals surface area contributed by atoms with Crippen molar-refractivity contribution in [3.05, 3.63) is 39.9 Å². The average molecular weight is 320 g/mol. The minimum Gasteiger partial charge on any atom is -0.377 e. The summed E-state index contributed by atoms with van der Waals surface area (Å²) in [5, 5.41) is 10.5.